The van der Waals surface area contributed by atoms with Gasteiger partial charge >= 0.3 is 0 Å². The smallest absolute Gasteiger partial charge is 0.153 e. The summed E-state index contributed by atoms with van der Waals surface area (Å²) in [6.07, 6.45) is 1.13. The van der Waals surface area contributed by atoms with E-state index in [0.29, 0.717) is 30.0 Å². The molecule has 0 amide bonds. The fourth-order valence-corrected chi connectivity index (χ4v) is 4.56. The molecule has 0 bridgehead atoms. The summed E-state index contributed by atoms with van der Waals surface area (Å²) in [5.41, 5.74) is 0. The third-order valence-electron chi connectivity index (χ3n) is 4.13. The predicted molar refractivity (Wildman–Crippen MR) is 76.1 cm³/mol. The van der Waals surface area contributed by atoms with Crippen LogP contribution in [0.25, 0.3) is 0 Å². The van der Waals surface area contributed by atoms with Crippen LogP contribution in [0.2, 0.25) is 0 Å². The molecule has 0 aromatic carbocycles. The van der Waals surface area contributed by atoms with Gasteiger partial charge in [-0.1, -0.05) is 6.92 Å². The molecule has 2 aliphatic rings. The number of nitrogens with zero attached hydrogens (tertiary/aromatic N) is 1. The summed E-state index contributed by atoms with van der Waals surface area (Å²) in [6, 6.07) is 0.553. The zero-order valence-corrected chi connectivity index (χ0v) is 12.8. The van der Waals surface area contributed by atoms with Crippen LogP contribution >= 0.6 is 0 Å². The Kier molecular flexibility index (Phi) is 5.22. The van der Waals surface area contributed by atoms with Gasteiger partial charge in [0.1, 0.15) is 0 Å². The van der Waals surface area contributed by atoms with Crippen molar-refractivity contribution in [1.29, 1.82) is 0 Å². The Morgan fingerprint density at radius 1 is 1.37 bits per heavy atom. The Morgan fingerprint density at radius 2 is 2.16 bits per heavy atom. The normalized spacial score (nSPS) is 35.6. The van der Waals surface area contributed by atoms with E-state index in [1.807, 2.05) is 6.92 Å². The third-order valence-corrected chi connectivity index (χ3v) is 5.93. The highest BCUT2D eigenvalue weighted by Crippen LogP contribution is 2.19. The second-order valence-electron chi connectivity index (χ2n) is 5.82. The maximum Gasteiger partial charge on any atom is 0.153 e. The average Bonchev–Trinajstić information content (AvgIpc) is 2.77. The topological polar surface area (TPSA) is 58.6 Å². The maximum atomic E-state index is 11.6. The van der Waals surface area contributed by atoms with E-state index < -0.39 is 9.84 Å². The first-order chi connectivity index (χ1) is 9.02. The Labute approximate surface area is 116 Å². The molecule has 0 saturated carbocycles. The number of nitrogens with one attached hydrogen (secondary N) is 1. The van der Waals surface area contributed by atoms with E-state index in [-0.39, 0.29) is 6.04 Å². The first-order valence-corrected chi connectivity index (χ1v) is 9.09. The number of sulfone groups is 1. The molecular formula is C13H26N2O3S. The van der Waals surface area contributed by atoms with Crippen molar-refractivity contribution in [2.75, 3.05) is 44.4 Å². The molecule has 19 heavy (non-hydrogen) atoms. The molecule has 0 radical (unpaired) electrons. The molecular weight excluding hydrogens is 264 g/mol. The first kappa shape index (κ1) is 15.2. The Balaban J connectivity index is 1.86. The summed E-state index contributed by atoms with van der Waals surface area (Å²) in [7, 11) is -2.81. The molecule has 6 heteroatoms. The Hall–Kier alpha value is -0.170. The zero-order valence-electron chi connectivity index (χ0n) is 12.0. The molecule has 2 rings (SSSR count). The zero-order chi connectivity index (χ0) is 13.9. The predicted octanol–water partition coefficient (Wildman–Crippen LogP) is 0.120. The van der Waals surface area contributed by atoms with Crippen LogP contribution in [0.5, 0.6) is 0 Å². The second-order valence-corrected chi connectivity index (χ2v) is 8.05. The van der Waals surface area contributed by atoms with Crippen LogP contribution in [-0.2, 0) is 14.6 Å². The molecule has 5 nitrogen and oxygen atoms in total. The molecule has 0 spiro atoms. The lowest BCUT2D eigenvalue weighted by molar-refractivity contribution is 0.154. The minimum absolute atomic E-state index is 0.131. The molecule has 0 aromatic rings. The van der Waals surface area contributed by atoms with E-state index in [2.05, 4.69) is 17.1 Å². The van der Waals surface area contributed by atoms with Gasteiger partial charge in [0.2, 0.25) is 0 Å². The van der Waals surface area contributed by atoms with Crippen molar-refractivity contribution in [3.63, 3.8) is 0 Å². The molecule has 0 aromatic heterocycles. The van der Waals surface area contributed by atoms with Crippen LogP contribution in [-0.4, -0.2) is 69.8 Å². The molecule has 112 valence electrons. The van der Waals surface area contributed by atoms with Gasteiger partial charge in [-0.3, -0.25) is 4.90 Å². The number of ether oxygens (including phenoxy) is 1. The van der Waals surface area contributed by atoms with Gasteiger partial charge in [0.15, 0.2) is 9.84 Å². The molecule has 2 heterocycles. The average molecular weight is 290 g/mol. The van der Waals surface area contributed by atoms with Crippen molar-refractivity contribution in [3.8, 4) is 0 Å². The second kappa shape index (κ2) is 6.52. The van der Waals surface area contributed by atoms with Crippen LogP contribution in [0.15, 0.2) is 0 Å². The number of hydrogen-bond donors (Lipinski definition) is 1. The van der Waals surface area contributed by atoms with Crippen LogP contribution in [0.1, 0.15) is 20.3 Å². The quantitative estimate of drug-likeness (QED) is 0.779. The Morgan fingerprint density at radius 3 is 2.84 bits per heavy atom. The lowest BCUT2D eigenvalue weighted by Crippen LogP contribution is -2.51. The largest absolute Gasteiger partial charge is 0.379 e. The van der Waals surface area contributed by atoms with Crippen LogP contribution < -0.4 is 5.32 Å². The molecule has 2 saturated heterocycles. The minimum atomic E-state index is -2.81. The van der Waals surface area contributed by atoms with Gasteiger partial charge in [-0.15, -0.1) is 0 Å². The first-order valence-electron chi connectivity index (χ1n) is 7.27. The van der Waals surface area contributed by atoms with Gasteiger partial charge in [-0.2, -0.15) is 0 Å². The van der Waals surface area contributed by atoms with E-state index in [1.54, 1.807) is 0 Å². The molecule has 3 unspecified atom stereocenters. The summed E-state index contributed by atoms with van der Waals surface area (Å²) < 4.78 is 28.7. The van der Waals surface area contributed by atoms with Crippen molar-refractivity contribution < 1.29 is 13.2 Å². The van der Waals surface area contributed by atoms with Crippen molar-refractivity contribution in [2.45, 2.75) is 32.4 Å². The highest BCUT2D eigenvalue weighted by atomic mass is 32.2. The number of hydrogen-bond acceptors (Lipinski definition) is 5. The standard InChI is InChI=1S/C13H26N2O3S/c1-3-4-14-13-9-18-8-12(13)7-15-5-6-19(16,17)10-11(15)2/h11-14H,3-10H2,1-2H3. The summed E-state index contributed by atoms with van der Waals surface area (Å²) in [5, 5.41) is 3.53. The van der Waals surface area contributed by atoms with Gasteiger partial charge in [0.25, 0.3) is 0 Å². The van der Waals surface area contributed by atoms with Crippen molar-refractivity contribution in [3.05, 3.63) is 0 Å². The molecule has 2 aliphatic heterocycles. The highest BCUT2D eigenvalue weighted by Gasteiger charge is 2.34. The van der Waals surface area contributed by atoms with Gasteiger partial charge in [0.05, 0.1) is 24.7 Å². The summed E-state index contributed by atoms with van der Waals surface area (Å²) in [6.45, 7) is 8.38. The van der Waals surface area contributed by atoms with Gasteiger partial charge in [0, 0.05) is 31.1 Å². The van der Waals surface area contributed by atoms with Gasteiger partial charge in [-0.05, 0) is 19.9 Å². The van der Waals surface area contributed by atoms with Crippen LogP contribution in [0, 0.1) is 5.92 Å². The lowest BCUT2D eigenvalue weighted by atomic mass is 10.0. The number of rotatable bonds is 5. The maximum absolute atomic E-state index is 11.6. The molecule has 3 atom stereocenters. The van der Waals surface area contributed by atoms with Crippen molar-refractivity contribution in [1.82, 2.24) is 10.2 Å². The monoisotopic (exact) mass is 290 g/mol. The fourth-order valence-electron chi connectivity index (χ4n) is 2.94. The molecule has 1 N–H and O–H groups in total. The lowest BCUT2D eigenvalue weighted by Gasteiger charge is -2.35. The van der Waals surface area contributed by atoms with Crippen LogP contribution in [0.3, 0.4) is 0 Å². The van der Waals surface area contributed by atoms with Gasteiger partial charge in [-0.25, -0.2) is 8.42 Å². The van der Waals surface area contributed by atoms with E-state index in [1.165, 1.54) is 0 Å². The van der Waals surface area contributed by atoms with E-state index in [9.17, 15) is 8.42 Å². The summed E-state index contributed by atoms with van der Waals surface area (Å²) in [4.78, 5) is 2.31. The van der Waals surface area contributed by atoms with Crippen molar-refractivity contribution in [2.24, 2.45) is 5.92 Å². The minimum Gasteiger partial charge on any atom is -0.379 e. The van der Waals surface area contributed by atoms with Crippen LogP contribution in [0.4, 0.5) is 0 Å². The van der Waals surface area contributed by atoms with Gasteiger partial charge < -0.3 is 10.1 Å². The Bertz CT molecular complexity index is 385. The van der Waals surface area contributed by atoms with Crippen molar-refractivity contribution >= 4 is 9.84 Å². The van der Waals surface area contributed by atoms with E-state index in [4.69, 9.17) is 4.74 Å². The SMILES string of the molecule is CCCNC1COCC1CN1CCS(=O)(=O)CC1C. The highest BCUT2D eigenvalue weighted by molar-refractivity contribution is 7.91. The molecule has 2 fully saturated rings. The summed E-state index contributed by atoms with van der Waals surface area (Å²) in [5.74, 6) is 1.08. The third kappa shape index (κ3) is 4.15. The van der Waals surface area contributed by atoms with E-state index in [0.717, 1.165) is 32.7 Å². The molecule has 0 aliphatic carbocycles. The van der Waals surface area contributed by atoms with E-state index >= 15 is 0 Å². The fraction of sp³-hybridized carbons (Fsp3) is 1.00. The summed E-state index contributed by atoms with van der Waals surface area (Å²) >= 11 is 0.